The van der Waals surface area contributed by atoms with Crippen LogP contribution < -0.4 is 15.8 Å². The predicted octanol–water partition coefficient (Wildman–Crippen LogP) is 3.10. The number of carbonyl (C=O) groups is 1. The Balaban J connectivity index is 2.58. The van der Waals surface area contributed by atoms with Crippen LogP contribution in [-0.2, 0) is 4.79 Å². The van der Waals surface area contributed by atoms with Crippen molar-refractivity contribution in [3.63, 3.8) is 0 Å². The maximum atomic E-state index is 12.0. The van der Waals surface area contributed by atoms with E-state index in [9.17, 15) is 4.79 Å². The first-order valence-electron chi connectivity index (χ1n) is 6.91. The van der Waals surface area contributed by atoms with E-state index in [-0.39, 0.29) is 17.4 Å². The van der Waals surface area contributed by atoms with Crippen LogP contribution in [0.4, 0.5) is 5.69 Å². The van der Waals surface area contributed by atoms with Gasteiger partial charge >= 0.3 is 0 Å². The average molecular weight is 278 g/mol. The van der Waals surface area contributed by atoms with Crippen LogP contribution in [0.1, 0.15) is 39.2 Å². The van der Waals surface area contributed by atoms with Gasteiger partial charge in [0.1, 0.15) is 5.75 Å². The second kappa shape index (κ2) is 6.75. The zero-order valence-corrected chi connectivity index (χ0v) is 13.1. The summed E-state index contributed by atoms with van der Waals surface area (Å²) < 4.78 is 5.14. The fourth-order valence-corrected chi connectivity index (χ4v) is 2.20. The summed E-state index contributed by atoms with van der Waals surface area (Å²) in [6, 6.07) is 5.46. The van der Waals surface area contributed by atoms with Gasteiger partial charge in [0, 0.05) is 18.2 Å². The van der Waals surface area contributed by atoms with Crippen molar-refractivity contribution in [3.8, 4) is 5.75 Å². The van der Waals surface area contributed by atoms with E-state index in [0.29, 0.717) is 6.42 Å². The predicted molar refractivity (Wildman–Crippen MR) is 83.0 cm³/mol. The highest BCUT2D eigenvalue weighted by Gasteiger charge is 2.18. The molecule has 1 aromatic carbocycles. The lowest BCUT2D eigenvalue weighted by Gasteiger charge is -2.22. The van der Waals surface area contributed by atoms with Crippen LogP contribution in [0, 0.1) is 12.3 Å². The molecule has 1 amide bonds. The van der Waals surface area contributed by atoms with Gasteiger partial charge in [-0.2, -0.15) is 0 Å². The Morgan fingerprint density at radius 2 is 2.05 bits per heavy atom. The third-order valence-electron chi connectivity index (χ3n) is 3.03. The number of nitrogens with two attached hydrogens (primary N) is 1. The maximum Gasteiger partial charge on any atom is 0.225 e. The summed E-state index contributed by atoms with van der Waals surface area (Å²) in [6.07, 6.45) is 1.16. The normalized spacial score (nSPS) is 12.9. The molecule has 0 fully saturated rings. The first-order valence-corrected chi connectivity index (χ1v) is 6.91. The van der Waals surface area contributed by atoms with Crippen LogP contribution in [0.3, 0.4) is 0 Å². The van der Waals surface area contributed by atoms with E-state index in [0.717, 1.165) is 23.4 Å². The Bertz CT molecular complexity index is 464. The van der Waals surface area contributed by atoms with E-state index in [1.165, 1.54) is 0 Å². The number of methoxy groups -OCH3 is 1. The fourth-order valence-electron chi connectivity index (χ4n) is 2.20. The fraction of sp³-hybridized carbons (Fsp3) is 0.562. The van der Waals surface area contributed by atoms with Gasteiger partial charge in [-0.25, -0.2) is 0 Å². The van der Waals surface area contributed by atoms with Crippen LogP contribution in [0.25, 0.3) is 0 Å². The number of carbonyl (C=O) groups excluding carboxylic acids is 1. The third-order valence-corrected chi connectivity index (χ3v) is 3.03. The van der Waals surface area contributed by atoms with Gasteiger partial charge in [0.2, 0.25) is 5.91 Å². The summed E-state index contributed by atoms with van der Waals surface area (Å²) in [7, 11) is 1.62. The topological polar surface area (TPSA) is 64.3 Å². The molecule has 0 heterocycles. The Morgan fingerprint density at radius 1 is 1.40 bits per heavy atom. The molecule has 0 aromatic heterocycles. The maximum absolute atomic E-state index is 12.0. The number of rotatable bonds is 5. The number of hydrogen-bond donors (Lipinski definition) is 2. The van der Waals surface area contributed by atoms with Crippen LogP contribution in [0.2, 0.25) is 0 Å². The Kier molecular flexibility index (Phi) is 5.57. The summed E-state index contributed by atoms with van der Waals surface area (Å²) in [5.74, 6) is 0.736. The highest BCUT2D eigenvalue weighted by molar-refractivity contribution is 5.91. The monoisotopic (exact) mass is 278 g/mol. The summed E-state index contributed by atoms with van der Waals surface area (Å²) in [5.41, 5.74) is 7.93. The number of ether oxygens (including phenoxy) is 1. The van der Waals surface area contributed by atoms with Crippen LogP contribution in [-0.4, -0.2) is 19.1 Å². The molecule has 0 aliphatic heterocycles. The quantitative estimate of drug-likeness (QED) is 0.870. The standard InChI is InChI=1S/C16H26N2O2/c1-11-8-13(20-5)6-7-14(11)18-15(19)9-12(17)10-16(2,3)4/h6-8,12H,9-10,17H2,1-5H3,(H,18,19). The van der Waals surface area contributed by atoms with E-state index < -0.39 is 0 Å². The molecule has 1 unspecified atom stereocenters. The number of hydrogen-bond acceptors (Lipinski definition) is 3. The molecule has 0 spiro atoms. The molecule has 0 aliphatic carbocycles. The molecule has 3 N–H and O–H groups in total. The van der Waals surface area contributed by atoms with Crippen molar-refractivity contribution in [1.82, 2.24) is 0 Å². The molecule has 20 heavy (non-hydrogen) atoms. The molecule has 0 saturated heterocycles. The summed E-state index contributed by atoms with van der Waals surface area (Å²) >= 11 is 0. The van der Waals surface area contributed by atoms with E-state index in [4.69, 9.17) is 10.5 Å². The van der Waals surface area contributed by atoms with Gasteiger partial charge in [0.15, 0.2) is 0 Å². The molecule has 0 aliphatic rings. The van der Waals surface area contributed by atoms with Crippen molar-refractivity contribution in [2.24, 2.45) is 11.1 Å². The van der Waals surface area contributed by atoms with Crippen molar-refractivity contribution in [3.05, 3.63) is 23.8 Å². The number of amides is 1. The molecular weight excluding hydrogens is 252 g/mol. The molecule has 4 heteroatoms. The largest absolute Gasteiger partial charge is 0.497 e. The molecule has 1 atom stereocenters. The van der Waals surface area contributed by atoms with Crippen molar-refractivity contribution in [2.75, 3.05) is 12.4 Å². The smallest absolute Gasteiger partial charge is 0.225 e. The highest BCUT2D eigenvalue weighted by Crippen LogP contribution is 2.23. The van der Waals surface area contributed by atoms with Gasteiger partial charge in [0.05, 0.1) is 7.11 Å². The average Bonchev–Trinajstić information content (AvgIpc) is 2.28. The van der Waals surface area contributed by atoms with Gasteiger partial charge in [0.25, 0.3) is 0 Å². The van der Waals surface area contributed by atoms with Gasteiger partial charge in [-0.3, -0.25) is 4.79 Å². The number of benzene rings is 1. The molecule has 0 bridgehead atoms. The van der Waals surface area contributed by atoms with E-state index >= 15 is 0 Å². The summed E-state index contributed by atoms with van der Waals surface area (Å²) in [6.45, 7) is 8.31. The molecular formula is C16H26N2O2. The molecule has 112 valence electrons. The lowest BCUT2D eigenvalue weighted by Crippen LogP contribution is -2.31. The second-order valence-corrected chi connectivity index (χ2v) is 6.46. The molecule has 0 radical (unpaired) electrons. The highest BCUT2D eigenvalue weighted by atomic mass is 16.5. The molecule has 1 rings (SSSR count). The minimum absolute atomic E-state index is 0.0463. The van der Waals surface area contributed by atoms with Gasteiger partial charge < -0.3 is 15.8 Å². The lowest BCUT2D eigenvalue weighted by molar-refractivity contribution is -0.116. The Morgan fingerprint density at radius 3 is 2.55 bits per heavy atom. The molecule has 0 saturated carbocycles. The minimum atomic E-state index is -0.117. The van der Waals surface area contributed by atoms with Crippen molar-refractivity contribution in [1.29, 1.82) is 0 Å². The van der Waals surface area contributed by atoms with Crippen molar-refractivity contribution in [2.45, 2.75) is 46.6 Å². The first kappa shape index (κ1) is 16.5. The van der Waals surface area contributed by atoms with E-state index in [2.05, 4.69) is 26.1 Å². The Labute approximate surface area is 121 Å². The summed E-state index contributed by atoms with van der Waals surface area (Å²) in [5, 5.41) is 2.90. The zero-order valence-electron chi connectivity index (χ0n) is 13.1. The number of aryl methyl sites for hydroxylation is 1. The summed E-state index contributed by atoms with van der Waals surface area (Å²) in [4.78, 5) is 12.0. The Hall–Kier alpha value is -1.55. The third kappa shape index (κ3) is 5.61. The van der Waals surface area contributed by atoms with Crippen molar-refractivity contribution < 1.29 is 9.53 Å². The van der Waals surface area contributed by atoms with Crippen LogP contribution in [0.15, 0.2) is 18.2 Å². The molecule has 4 nitrogen and oxygen atoms in total. The van der Waals surface area contributed by atoms with Crippen LogP contribution >= 0.6 is 0 Å². The number of nitrogens with one attached hydrogen (secondary N) is 1. The van der Waals surface area contributed by atoms with E-state index in [1.54, 1.807) is 7.11 Å². The lowest BCUT2D eigenvalue weighted by atomic mass is 9.87. The zero-order chi connectivity index (χ0) is 15.3. The SMILES string of the molecule is COc1ccc(NC(=O)CC(N)CC(C)(C)C)c(C)c1. The van der Waals surface area contributed by atoms with Gasteiger partial charge in [-0.05, 0) is 42.5 Å². The number of anilines is 1. The molecule has 1 aromatic rings. The van der Waals surface area contributed by atoms with Gasteiger partial charge in [-0.1, -0.05) is 20.8 Å². The van der Waals surface area contributed by atoms with Crippen LogP contribution in [0.5, 0.6) is 5.75 Å². The van der Waals surface area contributed by atoms with Crippen molar-refractivity contribution >= 4 is 11.6 Å². The van der Waals surface area contributed by atoms with E-state index in [1.807, 2.05) is 25.1 Å². The minimum Gasteiger partial charge on any atom is -0.497 e. The van der Waals surface area contributed by atoms with Gasteiger partial charge in [-0.15, -0.1) is 0 Å². The second-order valence-electron chi connectivity index (χ2n) is 6.46. The first-order chi connectivity index (χ1) is 9.21.